The predicted molar refractivity (Wildman–Crippen MR) is 105 cm³/mol. The molecule has 0 bridgehead atoms. The average molecular weight is 384 g/mol. The highest BCUT2D eigenvalue weighted by molar-refractivity contribution is 7.15. The average Bonchev–Trinajstić information content (AvgIpc) is 3.00. The van der Waals surface area contributed by atoms with Crippen molar-refractivity contribution < 1.29 is 4.79 Å². The maximum absolute atomic E-state index is 12.1. The van der Waals surface area contributed by atoms with Gasteiger partial charge < -0.3 is 9.88 Å². The van der Waals surface area contributed by atoms with Gasteiger partial charge in [-0.15, -0.1) is 11.3 Å². The summed E-state index contributed by atoms with van der Waals surface area (Å²) >= 11 is 1.57. The Labute approximate surface area is 159 Å². The molecule has 0 aliphatic heterocycles. The molecule has 8 heteroatoms. The van der Waals surface area contributed by atoms with E-state index in [9.17, 15) is 14.4 Å². The number of benzene rings is 1. The first kappa shape index (κ1) is 18.8. The summed E-state index contributed by atoms with van der Waals surface area (Å²) in [4.78, 5) is 42.5. The van der Waals surface area contributed by atoms with Crippen molar-refractivity contribution in [3.05, 3.63) is 73.5 Å². The van der Waals surface area contributed by atoms with Gasteiger partial charge in [-0.2, -0.15) is 0 Å². The van der Waals surface area contributed by atoms with E-state index in [0.29, 0.717) is 6.54 Å². The second-order valence-electron chi connectivity index (χ2n) is 6.17. The van der Waals surface area contributed by atoms with Gasteiger partial charge in [-0.1, -0.05) is 24.3 Å². The van der Waals surface area contributed by atoms with Gasteiger partial charge in [-0.3, -0.25) is 14.6 Å². The van der Waals surface area contributed by atoms with Crippen LogP contribution in [0.25, 0.3) is 10.6 Å². The number of amides is 1. The number of nitrogens with one attached hydrogen (secondary N) is 2. The van der Waals surface area contributed by atoms with Crippen LogP contribution in [0.5, 0.6) is 0 Å². The highest BCUT2D eigenvalue weighted by Crippen LogP contribution is 2.29. The fourth-order valence-electron chi connectivity index (χ4n) is 2.63. The molecule has 3 rings (SSSR count). The predicted octanol–water partition coefficient (Wildman–Crippen LogP) is 1.98. The van der Waals surface area contributed by atoms with Gasteiger partial charge in [-0.05, 0) is 19.4 Å². The first-order chi connectivity index (χ1) is 12.9. The molecule has 2 N–H and O–H groups in total. The maximum Gasteiger partial charge on any atom is 0.328 e. The van der Waals surface area contributed by atoms with Crippen molar-refractivity contribution in [1.82, 2.24) is 19.9 Å². The molecule has 0 saturated heterocycles. The van der Waals surface area contributed by atoms with Crippen molar-refractivity contribution in [3.8, 4) is 10.6 Å². The maximum atomic E-state index is 12.1. The highest BCUT2D eigenvalue weighted by Gasteiger charge is 2.12. The second kappa shape index (κ2) is 8.13. The standard InChI is InChI=1S/C19H20N4O3S/c1-12-5-3-4-6-14(12)18-21-13(2)15(27-18)11-20-16(24)7-9-23-10-8-17(25)22-19(23)26/h3-6,8,10H,7,9,11H2,1-2H3,(H,20,24)(H,22,25,26). The largest absolute Gasteiger partial charge is 0.351 e. The van der Waals surface area contributed by atoms with Crippen LogP contribution < -0.4 is 16.6 Å². The Bertz CT molecular complexity index is 1080. The first-order valence-corrected chi connectivity index (χ1v) is 9.34. The van der Waals surface area contributed by atoms with Gasteiger partial charge >= 0.3 is 5.69 Å². The normalized spacial score (nSPS) is 10.7. The van der Waals surface area contributed by atoms with E-state index < -0.39 is 11.2 Å². The molecule has 0 saturated carbocycles. The summed E-state index contributed by atoms with van der Waals surface area (Å²) < 4.78 is 1.30. The van der Waals surface area contributed by atoms with E-state index >= 15 is 0 Å². The van der Waals surface area contributed by atoms with E-state index in [2.05, 4.69) is 15.3 Å². The van der Waals surface area contributed by atoms with Crippen LogP contribution >= 0.6 is 11.3 Å². The van der Waals surface area contributed by atoms with Gasteiger partial charge in [0.1, 0.15) is 5.01 Å². The summed E-state index contributed by atoms with van der Waals surface area (Å²) in [6, 6.07) is 9.32. The van der Waals surface area contributed by atoms with E-state index in [1.807, 2.05) is 38.1 Å². The van der Waals surface area contributed by atoms with E-state index in [-0.39, 0.29) is 18.9 Å². The summed E-state index contributed by atoms with van der Waals surface area (Å²) in [5.74, 6) is -0.168. The number of carbonyl (C=O) groups is 1. The van der Waals surface area contributed by atoms with Gasteiger partial charge in [0.25, 0.3) is 5.56 Å². The van der Waals surface area contributed by atoms with Crippen molar-refractivity contribution in [2.45, 2.75) is 33.4 Å². The number of H-pyrrole nitrogens is 1. The number of carbonyl (C=O) groups excluding carboxylic acids is 1. The minimum Gasteiger partial charge on any atom is -0.351 e. The highest BCUT2D eigenvalue weighted by atomic mass is 32.1. The van der Waals surface area contributed by atoms with Crippen molar-refractivity contribution >= 4 is 17.2 Å². The molecule has 2 heterocycles. The zero-order chi connectivity index (χ0) is 19.4. The van der Waals surface area contributed by atoms with Crippen LogP contribution in [-0.4, -0.2) is 20.4 Å². The van der Waals surface area contributed by atoms with E-state index in [4.69, 9.17) is 0 Å². The molecule has 1 amide bonds. The number of nitrogens with zero attached hydrogens (tertiary/aromatic N) is 2. The van der Waals surface area contributed by atoms with Gasteiger partial charge in [0.2, 0.25) is 5.91 Å². The lowest BCUT2D eigenvalue weighted by Crippen LogP contribution is -2.31. The fraction of sp³-hybridized carbons (Fsp3) is 0.263. The van der Waals surface area contributed by atoms with Crippen LogP contribution in [0.3, 0.4) is 0 Å². The van der Waals surface area contributed by atoms with E-state index in [0.717, 1.165) is 26.7 Å². The minimum atomic E-state index is -0.517. The van der Waals surface area contributed by atoms with Gasteiger partial charge in [0.05, 0.1) is 12.2 Å². The molecule has 3 aromatic rings. The van der Waals surface area contributed by atoms with Gasteiger partial charge in [0, 0.05) is 35.7 Å². The monoisotopic (exact) mass is 384 g/mol. The number of aryl methyl sites for hydroxylation is 3. The van der Waals surface area contributed by atoms with Crippen LogP contribution in [0.4, 0.5) is 0 Å². The zero-order valence-electron chi connectivity index (χ0n) is 15.1. The molecule has 0 unspecified atom stereocenters. The molecule has 2 aromatic heterocycles. The molecule has 0 atom stereocenters. The van der Waals surface area contributed by atoms with Gasteiger partial charge in [-0.25, -0.2) is 9.78 Å². The molecule has 140 valence electrons. The van der Waals surface area contributed by atoms with Crippen LogP contribution in [0.15, 0.2) is 46.1 Å². The van der Waals surface area contributed by atoms with Crippen LogP contribution in [0.1, 0.15) is 22.6 Å². The number of rotatable bonds is 6. The Morgan fingerprint density at radius 2 is 2.00 bits per heavy atom. The molecule has 0 radical (unpaired) electrons. The van der Waals surface area contributed by atoms with Crippen LogP contribution in [0, 0.1) is 13.8 Å². The summed E-state index contributed by atoms with van der Waals surface area (Å²) in [6.07, 6.45) is 1.53. The molecule has 0 fully saturated rings. The lowest BCUT2D eigenvalue weighted by atomic mass is 10.1. The lowest BCUT2D eigenvalue weighted by Gasteiger charge is -2.06. The molecule has 7 nitrogen and oxygen atoms in total. The molecular weight excluding hydrogens is 364 g/mol. The molecular formula is C19H20N4O3S. The molecule has 0 aliphatic rings. The van der Waals surface area contributed by atoms with Crippen molar-refractivity contribution in [2.24, 2.45) is 0 Å². The first-order valence-electron chi connectivity index (χ1n) is 8.53. The van der Waals surface area contributed by atoms with Crippen LogP contribution in [-0.2, 0) is 17.9 Å². The third-order valence-electron chi connectivity index (χ3n) is 4.19. The summed E-state index contributed by atoms with van der Waals surface area (Å²) in [6.45, 7) is 4.58. The molecule has 0 spiro atoms. The Kier molecular flexibility index (Phi) is 5.66. The summed E-state index contributed by atoms with van der Waals surface area (Å²) in [5.41, 5.74) is 2.19. The molecule has 27 heavy (non-hydrogen) atoms. The summed E-state index contributed by atoms with van der Waals surface area (Å²) in [5, 5.41) is 3.80. The SMILES string of the molecule is Cc1ccccc1-c1nc(C)c(CNC(=O)CCn2ccc(=O)[nH]c2=O)s1. The third kappa shape index (κ3) is 4.59. The summed E-state index contributed by atoms with van der Waals surface area (Å²) in [7, 11) is 0. The zero-order valence-corrected chi connectivity index (χ0v) is 15.9. The molecule has 1 aromatic carbocycles. The van der Waals surface area contributed by atoms with E-state index in [1.165, 1.54) is 16.8 Å². The Hall–Kier alpha value is -3.00. The smallest absolute Gasteiger partial charge is 0.328 e. The number of hydrogen-bond donors (Lipinski definition) is 2. The Morgan fingerprint density at radius 1 is 1.22 bits per heavy atom. The number of aromatic amines is 1. The quantitative estimate of drug-likeness (QED) is 0.679. The number of hydrogen-bond acceptors (Lipinski definition) is 5. The third-order valence-corrected chi connectivity index (χ3v) is 5.38. The van der Waals surface area contributed by atoms with Crippen molar-refractivity contribution in [3.63, 3.8) is 0 Å². The van der Waals surface area contributed by atoms with Crippen molar-refractivity contribution in [1.29, 1.82) is 0 Å². The van der Waals surface area contributed by atoms with Crippen molar-refractivity contribution in [2.75, 3.05) is 0 Å². The lowest BCUT2D eigenvalue weighted by molar-refractivity contribution is -0.121. The Balaban J connectivity index is 1.60. The fourth-order valence-corrected chi connectivity index (χ4v) is 3.72. The number of aromatic nitrogens is 3. The topological polar surface area (TPSA) is 96.8 Å². The second-order valence-corrected chi connectivity index (χ2v) is 7.26. The minimum absolute atomic E-state index is 0.147. The van der Waals surface area contributed by atoms with E-state index in [1.54, 1.807) is 11.3 Å². The molecule has 0 aliphatic carbocycles. The number of thiazole rings is 1. The van der Waals surface area contributed by atoms with Gasteiger partial charge in [0.15, 0.2) is 0 Å². The Morgan fingerprint density at radius 3 is 2.74 bits per heavy atom. The van der Waals surface area contributed by atoms with Crippen LogP contribution in [0.2, 0.25) is 0 Å².